The van der Waals surface area contributed by atoms with Crippen LogP contribution in [0.1, 0.15) is 32.5 Å². The van der Waals surface area contributed by atoms with E-state index in [0.29, 0.717) is 11.7 Å². The van der Waals surface area contributed by atoms with Crippen LogP contribution in [0.15, 0.2) is 18.3 Å². The van der Waals surface area contributed by atoms with Crippen molar-refractivity contribution in [2.75, 3.05) is 15.2 Å². The van der Waals surface area contributed by atoms with Crippen molar-refractivity contribution in [1.82, 2.24) is 19.7 Å². The Hall–Kier alpha value is -2.21. The molecule has 1 aliphatic heterocycles. The van der Waals surface area contributed by atoms with Crippen LogP contribution in [0.3, 0.4) is 0 Å². The van der Waals surface area contributed by atoms with Crippen LogP contribution in [0, 0.1) is 0 Å². The van der Waals surface area contributed by atoms with Crippen LogP contribution in [-0.4, -0.2) is 30.2 Å². The Balaban J connectivity index is 1.81. The van der Waals surface area contributed by atoms with Gasteiger partial charge < -0.3 is 15.4 Å². The molecule has 1 aliphatic rings. The Labute approximate surface area is 179 Å². The molecule has 0 spiro atoms. The van der Waals surface area contributed by atoms with Gasteiger partial charge in [0.05, 0.1) is 9.43 Å². The van der Waals surface area contributed by atoms with Crippen LogP contribution < -0.4 is 15.4 Å². The van der Waals surface area contributed by atoms with E-state index in [0.717, 1.165) is 43.6 Å². The number of ether oxygens (including phenoxy) is 1. The molecule has 0 aromatic carbocycles. The minimum absolute atomic E-state index is 0.135. The quantitative estimate of drug-likeness (QED) is 0.302. The summed E-state index contributed by atoms with van der Waals surface area (Å²) < 4.78 is 8.81. The number of anilines is 2. The van der Waals surface area contributed by atoms with Crippen LogP contribution in [0.2, 0.25) is 0 Å². The Morgan fingerprint density at radius 1 is 1.43 bits per heavy atom. The summed E-state index contributed by atoms with van der Waals surface area (Å²) in [6.07, 6.45) is 1.80. The molecule has 0 unspecified atom stereocenters. The van der Waals surface area contributed by atoms with Crippen molar-refractivity contribution >= 4 is 50.8 Å². The Kier molecular flexibility index (Phi) is 5.23. The molecule has 4 rings (SSSR count). The highest BCUT2D eigenvalue weighted by Crippen LogP contribution is 2.47. The first kappa shape index (κ1) is 19.1. The van der Waals surface area contributed by atoms with E-state index in [-0.39, 0.29) is 11.9 Å². The third-order valence-electron chi connectivity index (χ3n) is 4.19. The monoisotopic (exact) mass is 510 g/mol. The summed E-state index contributed by atoms with van der Waals surface area (Å²) in [5, 5.41) is 11.3. The molecule has 0 saturated carbocycles. The van der Waals surface area contributed by atoms with Gasteiger partial charge in [-0.25, -0.2) is 9.97 Å². The number of amides is 1. The summed E-state index contributed by atoms with van der Waals surface area (Å²) in [5.74, 6) is 1.41. The van der Waals surface area contributed by atoms with Crippen molar-refractivity contribution in [3.63, 3.8) is 0 Å². The van der Waals surface area contributed by atoms with Crippen LogP contribution in [0.5, 0.6) is 5.75 Å². The summed E-state index contributed by atoms with van der Waals surface area (Å²) in [7, 11) is 0. The first-order valence-corrected chi connectivity index (χ1v) is 11.1. The van der Waals surface area contributed by atoms with Gasteiger partial charge in [-0.3, -0.25) is 9.48 Å². The van der Waals surface area contributed by atoms with Crippen molar-refractivity contribution in [3.05, 3.63) is 24.0 Å². The molecule has 0 fully saturated rings. The zero-order valence-electron chi connectivity index (χ0n) is 15.6. The predicted molar refractivity (Wildman–Crippen MR) is 118 cm³/mol. The summed E-state index contributed by atoms with van der Waals surface area (Å²) in [6.45, 7) is 5.97. The molecule has 2 N–H and O–H groups in total. The SMILES string of the molecule is CC(=O)Nc1nc2c(s1)-c1c(c(-c3ccc(NCI)nc3)nn1C(C)C)OC2. The van der Waals surface area contributed by atoms with Crippen LogP contribution in [0.4, 0.5) is 10.9 Å². The van der Waals surface area contributed by atoms with Gasteiger partial charge in [0.2, 0.25) is 5.91 Å². The molecule has 0 saturated heterocycles. The fourth-order valence-corrected chi connectivity index (χ4v) is 4.45. The molecule has 8 nitrogen and oxygen atoms in total. The van der Waals surface area contributed by atoms with Gasteiger partial charge in [0, 0.05) is 24.7 Å². The minimum atomic E-state index is -0.142. The molecular weight excluding hydrogens is 491 g/mol. The van der Waals surface area contributed by atoms with E-state index < -0.39 is 0 Å². The van der Waals surface area contributed by atoms with E-state index in [2.05, 4.69) is 57.0 Å². The second-order valence-electron chi connectivity index (χ2n) is 6.57. The maximum Gasteiger partial charge on any atom is 0.223 e. The summed E-state index contributed by atoms with van der Waals surface area (Å²) >= 11 is 3.69. The van der Waals surface area contributed by atoms with E-state index >= 15 is 0 Å². The van der Waals surface area contributed by atoms with Gasteiger partial charge in [0.25, 0.3) is 0 Å². The molecule has 4 heterocycles. The van der Waals surface area contributed by atoms with Gasteiger partial charge >= 0.3 is 0 Å². The second kappa shape index (κ2) is 7.66. The fraction of sp³-hybridized carbons (Fsp3) is 0.333. The predicted octanol–water partition coefficient (Wildman–Crippen LogP) is 4.30. The molecule has 0 bridgehead atoms. The lowest BCUT2D eigenvalue weighted by molar-refractivity contribution is -0.114. The van der Waals surface area contributed by atoms with Crippen molar-refractivity contribution in [2.24, 2.45) is 0 Å². The molecule has 0 atom stereocenters. The van der Waals surface area contributed by atoms with Crippen molar-refractivity contribution in [1.29, 1.82) is 0 Å². The largest absolute Gasteiger partial charge is 0.483 e. The fourth-order valence-electron chi connectivity index (χ4n) is 3.01. The number of alkyl halides is 1. The smallest absolute Gasteiger partial charge is 0.223 e. The molecule has 146 valence electrons. The summed E-state index contributed by atoms with van der Waals surface area (Å²) in [4.78, 5) is 21.3. The van der Waals surface area contributed by atoms with E-state index in [1.54, 1.807) is 6.20 Å². The topological polar surface area (TPSA) is 94.0 Å². The van der Waals surface area contributed by atoms with Gasteiger partial charge in [-0.2, -0.15) is 5.10 Å². The summed E-state index contributed by atoms with van der Waals surface area (Å²) in [5.41, 5.74) is 3.37. The minimum Gasteiger partial charge on any atom is -0.483 e. The number of thiazole rings is 1. The number of rotatable bonds is 5. The molecule has 3 aromatic heterocycles. The maximum absolute atomic E-state index is 11.4. The van der Waals surface area contributed by atoms with Gasteiger partial charge in [-0.15, -0.1) is 0 Å². The molecule has 3 aromatic rings. The van der Waals surface area contributed by atoms with Crippen LogP contribution in [-0.2, 0) is 11.4 Å². The van der Waals surface area contributed by atoms with Crippen molar-refractivity contribution < 1.29 is 9.53 Å². The molecule has 0 radical (unpaired) electrons. The molecule has 0 aliphatic carbocycles. The zero-order chi connectivity index (χ0) is 19.8. The Morgan fingerprint density at radius 2 is 2.25 bits per heavy atom. The summed E-state index contributed by atoms with van der Waals surface area (Å²) in [6, 6.07) is 4.06. The number of aromatic nitrogens is 4. The molecule has 1 amide bonds. The number of nitrogens with zero attached hydrogens (tertiary/aromatic N) is 4. The van der Waals surface area contributed by atoms with Crippen LogP contribution in [0.25, 0.3) is 21.8 Å². The molecule has 28 heavy (non-hydrogen) atoms. The van der Waals surface area contributed by atoms with E-state index in [1.807, 2.05) is 16.8 Å². The third-order valence-corrected chi connectivity index (χ3v) is 5.59. The standard InChI is InChI=1S/C18H19IN6O2S/c1-9(2)25-15-16(14(24-25)11-4-5-13(20-6-11)21-8-19)27-7-12-17(15)28-18(23-12)22-10(3)26/h4-6,9H,7-8H2,1-3H3,(H,20,21)(H,22,23,26). The van der Waals surface area contributed by atoms with E-state index in [4.69, 9.17) is 9.84 Å². The first-order valence-electron chi connectivity index (χ1n) is 8.77. The van der Waals surface area contributed by atoms with Gasteiger partial charge in [0.1, 0.15) is 29.5 Å². The molecule has 10 heteroatoms. The highest BCUT2D eigenvalue weighted by Gasteiger charge is 2.31. The first-order chi connectivity index (χ1) is 13.5. The lowest BCUT2D eigenvalue weighted by Crippen LogP contribution is -2.09. The normalized spacial score (nSPS) is 12.3. The number of hydrogen-bond acceptors (Lipinski definition) is 7. The van der Waals surface area contributed by atoms with Crippen LogP contribution >= 0.6 is 33.9 Å². The Bertz CT molecular complexity index is 1030. The van der Waals surface area contributed by atoms with Crippen molar-refractivity contribution in [2.45, 2.75) is 33.4 Å². The number of halogens is 1. The number of nitrogens with one attached hydrogen (secondary N) is 2. The third kappa shape index (κ3) is 3.46. The number of carbonyl (C=O) groups excluding carboxylic acids is 1. The lowest BCUT2D eigenvalue weighted by atomic mass is 10.1. The average Bonchev–Trinajstić information content (AvgIpc) is 3.22. The lowest BCUT2D eigenvalue weighted by Gasteiger charge is -2.16. The molecular formula is C18H19IN6O2S. The van der Waals surface area contributed by atoms with Gasteiger partial charge in [-0.1, -0.05) is 33.9 Å². The second-order valence-corrected chi connectivity index (χ2v) is 8.33. The zero-order valence-corrected chi connectivity index (χ0v) is 18.6. The average molecular weight is 510 g/mol. The van der Waals surface area contributed by atoms with E-state index in [1.165, 1.54) is 18.3 Å². The highest BCUT2D eigenvalue weighted by molar-refractivity contribution is 14.1. The number of fused-ring (bicyclic) bond motifs is 3. The Morgan fingerprint density at radius 3 is 2.89 bits per heavy atom. The van der Waals surface area contributed by atoms with Gasteiger partial charge in [0.15, 0.2) is 10.9 Å². The number of carbonyl (C=O) groups is 1. The number of pyridine rings is 1. The maximum atomic E-state index is 11.4. The number of hydrogen-bond donors (Lipinski definition) is 2. The van der Waals surface area contributed by atoms with Gasteiger partial charge in [-0.05, 0) is 26.0 Å². The van der Waals surface area contributed by atoms with E-state index in [9.17, 15) is 4.79 Å². The van der Waals surface area contributed by atoms with Crippen molar-refractivity contribution in [3.8, 4) is 27.6 Å². The highest BCUT2D eigenvalue weighted by atomic mass is 127.